The van der Waals surface area contributed by atoms with E-state index in [0.29, 0.717) is 12.8 Å². The summed E-state index contributed by atoms with van der Waals surface area (Å²) in [5, 5.41) is 10.0. The lowest BCUT2D eigenvalue weighted by Gasteiger charge is -2.35. The molecule has 1 fully saturated rings. The van der Waals surface area contributed by atoms with Crippen molar-refractivity contribution in [2.24, 2.45) is 0 Å². The molecule has 2 aromatic rings. The van der Waals surface area contributed by atoms with Crippen LogP contribution in [-0.4, -0.2) is 35.4 Å². The summed E-state index contributed by atoms with van der Waals surface area (Å²) >= 11 is 0. The normalized spacial score (nSPS) is 23.5. The van der Waals surface area contributed by atoms with Crippen molar-refractivity contribution in [2.45, 2.75) is 90.6 Å². The van der Waals surface area contributed by atoms with Crippen molar-refractivity contribution in [3.05, 3.63) is 57.6 Å². The number of fused-ring (bicyclic) bond motifs is 2. The molecular weight excluding hydrogens is 414 g/mol. The van der Waals surface area contributed by atoms with Crippen LogP contribution in [-0.2, 0) is 35.3 Å². The zero-order valence-electron chi connectivity index (χ0n) is 20.2. The molecule has 1 N–H and O–H groups in total. The van der Waals surface area contributed by atoms with Crippen molar-refractivity contribution in [1.29, 1.82) is 0 Å². The van der Waals surface area contributed by atoms with E-state index >= 15 is 0 Å². The maximum absolute atomic E-state index is 11.8. The number of carbonyl (C=O) groups is 1. The summed E-state index contributed by atoms with van der Waals surface area (Å²) in [5.41, 5.74) is 9.11. The van der Waals surface area contributed by atoms with Crippen molar-refractivity contribution in [2.75, 3.05) is 11.4 Å². The van der Waals surface area contributed by atoms with E-state index in [2.05, 4.69) is 56.9 Å². The van der Waals surface area contributed by atoms with Crippen molar-refractivity contribution in [3.63, 3.8) is 0 Å². The van der Waals surface area contributed by atoms with Gasteiger partial charge in [-0.25, -0.2) is 0 Å². The second-order valence-electron chi connectivity index (χ2n) is 10.6. The Morgan fingerprint density at radius 2 is 1.91 bits per heavy atom. The monoisotopic (exact) mass is 449 g/mol. The molecular formula is C28H35NO4. The predicted molar refractivity (Wildman–Crippen MR) is 129 cm³/mol. The number of cyclic esters (lactones) is 1. The maximum Gasteiger partial charge on any atom is 0.308 e. The molecule has 3 heterocycles. The first-order valence-electron chi connectivity index (χ1n) is 12.2. The highest BCUT2D eigenvalue weighted by Crippen LogP contribution is 2.47. The Morgan fingerprint density at radius 3 is 2.67 bits per heavy atom. The summed E-state index contributed by atoms with van der Waals surface area (Å²) in [6.07, 6.45) is 3.21. The molecule has 0 spiro atoms. The summed E-state index contributed by atoms with van der Waals surface area (Å²) in [6.45, 7) is 10.7. The van der Waals surface area contributed by atoms with Crippen LogP contribution in [0.2, 0.25) is 0 Å². The van der Waals surface area contributed by atoms with E-state index in [1.165, 1.54) is 39.1 Å². The molecule has 0 unspecified atom stereocenters. The number of aliphatic hydroxyl groups excluding tert-OH is 1. The fourth-order valence-corrected chi connectivity index (χ4v) is 5.97. The summed E-state index contributed by atoms with van der Waals surface area (Å²) < 4.78 is 12.0. The number of aliphatic hydroxyl groups is 1. The van der Waals surface area contributed by atoms with Crippen molar-refractivity contribution >= 4 is 11.7 Å². The number of carbonyl (C=O) groups excluding carboxylic acids is 1. The molecule has 0 radical (unpaired) electrons. The maximum atomic E-state index is 11.8. The second kappa shape index (κ2) is 8.35. The van der Waals surface area contributed by atoms with Gasteiger partial charge in [0.2, 0.25) is 0 Å². The Bertz CT molecular complexity index is 1090. The summed E-state index contributed by atoms with van der Waals surface area (Å²) in [4.78, 5) is 14.4. The zero-order valence-corrected chi connectivity index (χ0v) is 20.2. The third kappa shape index (κ3) is 4.23. The van der Waals surface area contributed by atoms with Crippen LogP contribution in [0, 0.1) is 13.8 Å². The van der Waals surface area contributed by atoms with Crippen LogP contribution in [0.4, 0.5) is 5.69 Å². The molecule has 0 aliphatic carbocycles. The fourth-order valence-electron chi connectivity index (χ4n) is 5.97. The first-order valence-corrected chi connectivity index (χ1v) is 12.2. The number of hydrogen-bond acceptors (Lipinski definition) is 5. The van der Waals surface area contributed by atoms with Crippen LogP contribution in [0.5, 0.6) is 5.75 Å². The number of benzene rings is 2. The SMILES string of the molecule is Cc1c(CC[C@H]2C[C@H](O)CC(=O)O2)c2c(c(C)c1N1CCc3ccccc3C1)CC(C)(C)O2. The van der Waals surface area contributed by atoms with Crippen molar-refractivity contribution < 1.29 is 19.4 Å². The number of anilines is 1. The van der Waals surface area contributed by atoms with E-state index in [0.717, 1.165) is 38.1 Å². The Kier molecular flexibility index (Phi) is 5.64. The summed E-state index contributed by atoms with van der Waals surface area (Å²) in [5.74, 6) is 0.730. The van der Waals surface area contributed by atoms with Gasteiger partial charge in [-0.05, 0) is 74.8 Å². The highest BCUT2D eigenvalue weighted by atomic mass is 16.5. The number of esters is 1. The Hall–Kier alpha value is -2.53. The predicted octanol–water partition coefficient (Wildman–Crippen LogP) is 4.58. The highest BCUT2D eigenvalue weighted by Gasteiger charge is 2.37. The van der Waals surface area contributed by atoms with Gasteiger partial charge in [0, 0.05) is 37.2 Å². The topological polar surface area (TPSA) is 59.0 Å². The lowest BCUT2D eigenvalue weighted by Crippen LogP contribution is -2.33. The van der Waals surface area contributed by atoms with Gasteiger partial charge in [0.1, 0.15) is 17.5 Å². The van der Waals surface area contributed by atoms with Crippen LogP contribution in [0.3, 0.4) is 0 Å². The number of ether oxygens (including phenoxy) is 2. The van der Waals surface area contributed by atoms with Gasteiger partial charge in [0.15, 0.2) is 0 Å². The molecule has 2 aromatic carbocycles. The van der Waals surface area contributed by atoms with Gasteiger partial charge in [-0.2, -0.15) is 0 Å². The lowest BCUT2D eigenvalue weighted by molar-refractivity contribution is -0.160. The minimum Gasteiger partial charge on any atom is -0.487 e. The molecule has 3 aliphatic rings. The molecule has 0 amide bonds. The first-order chi connectivity index (χ1) is 15.7. The van der Waals surface area contributed by atoms with Gasteiger partial charge in [-0.1, -0.05) is 24.3 Å². The number of hydrogen-bond donors (Lipinski definition) is 1. The molecule has 3 aliphatic heterocycles. The Balaban J connectivity index is 1.50. The molecule has 0 aromatic heterocycles. The van der Waals surface area contributed by atoms with Crippen LogP contribution >= 0.6 is 0 Å². The van der Waals surface area contributed by atoms with E-state index in [1.807, 2.05) is 0 Å². The second-order valence-corrected chi connectivity index (χ2v) is 10.6. The van der Waals surface area contributed by atoms with Gasteiger partial charge in [-0.3, -0.25) is 4.79 Å². The average Bonchev–Trinajstić information content (AvgIpc) is 3.08. The van der Waals surface area contributed by atoms with E-state index in [9.17, 15) is 9.90 Å². The third-order valence-electron chi connectivity index (χ3n) is 7.54. The van der Waals surface area contributed by atoms with E-state index in [-0.39, 0.29) is 24.1 Å². The number of rotatable bonds is 4. The summed E-state index contributed by atoms with van der Waals surface area (Å²) in [7, 11) is 0. The lowest BCUT2D eigenvalue weighted by atomic mass is 9.88. The molecule has 0 bridgehead atoms. The van der Waals surface area contributed by atoms with Gasteiger partial charge < -0.3 is 19.5 Å². The quantitative estimate of drug-likeness (QED) is 0.693. The van der Waals surface area contributed by atoms with Gasteiger partial charge in [0.05, 0.1) is 12.5 Å². The molecule has 5 heteroatoms. The largest absolute Gasteiger partial charge is 0.487 e. The highest BCUT2D eigenvalue weighted by molar-refractivity contribution is 5.72. The first kappa shape index (κ1) is 22.3. The van der Waals surface area contributed by atoms with Crippen LogP contribution in [0.1, 0.15) is 66.5 Å². The van der Waals surface area contributed by atoms with Crippen LogP contribution in [0.15, 0.2) is 24.3 Å². The fraction of sp³-hybridized carbons (Fsp3) is 0.536. The molecule has 5 rings (SSSR count). The van der Waals surface area contributed by atoms with Gasteiger partial charge >= 0.3 is 5.97 Å². The Labute approximate surface area is 196 Å². The minimum atomic E-state index is -0.597. The van der Waals surface area contributed by atoms with Gasteiger partial charge in [-0.15, -0.1) is 0 Å². The van der Waals surface area contributed by atoms with Crippen LogP contribution in [0.25, 0.3) is 0 Å². The summed E-state index contributed by atoms with van der Waals surface area (Å²) in [6, 6.07) is 8.76. The average molecular weight is 450 g/mol. The van der Waals surface area contributed by atoms with Crippen molar-refractivity contribution in [3.8, 4) is 5.75 Å². The van der Waals surface area contributed by atoms with Crippen molar-refractivity contribution in [1.82, 2.24) is 0 Å². The Morgan fingerprint density at radius 1 is 1.15 bits per heavy atom. The smallest absolute Gasteiger partial charge is 0.308 e. The zero-order chi connectivity index (χ0) is 23.3. The number of nitrogens with zero attached hydrogens (tertiary/aromatic N) is 1. The molecule has 33 heavy (non-hydrogen) atoms. The van der Waals surface area contributed by atoms with Crippen LogP contribution < -0.4 is 9.64 Å². The minimum absolute atomic E-state index is 0.105. The molecule has 2 atom stereocenters. The molecule has 0 saturated carbocycles. The molecule has 176 valence electrons. The van der Waals surface area contributed by atoms with E-state index < -0.39 is 6.10 Å². The molecule has 1 saturated heterocycles. The van der Waals surface area contributed by atoms with E-state index in [4.69, 9.17) is 9.47 Å². The standard InChI is InChI=1S/C28H35NO4/c1-17-23(10-9-22-13-21(30)14-25(31)32-22)27-24(15-28(3,4)33-27)18(2)26(17)29-12-11-19-7-5-6-8-20(19)16-29/h5-8,21-22,30H,9-16H2,1-4H3/t21-,22-/m0/s1. The van der Waals surface area contributed by atoms with Gasteiger partial charge in [0.25, 0.3) is 0 Å². The third-order valence-corrected chi connectivity index (χ3v) is 7.54. The van der Waals surface area contributed by atoms with E-state index in [1.54, 1.807) is 0 Å². The molecule has 5 nitrogen and oxygen atoms in total.